The first-order valence-corrected chi connectivity index (χ1v) is 12.9. The molecule has 3 aliphatic carbocycles. The van der Waals surface area contributed by atoms with Crippen LogP contribution in [0.1, 0.15) is 42.1 Å². The number of hydrogen-bond donors (Lipinski definition) is 4. The number of nitrogens with one attached hydrogen (secondary N) is 1. The molecule has 2 unspecified atom stereocenters. The number of likely N-dealkylation sites (tertiary alicyclic amines) is 1. The summed E-state index contributed by atoms with van der Waals surface area (Å²) >= 11 is 0. The van der Waals surface area contributed by atoms with Crippen LogP contribution in [0.25, 0.3) is 0 Å². The van der Waals surface area contributed by atoms with Crippen LogP contribution in [0.2, 0.25) is 0 Å². The summed E-state index contributed by atoms with van der Waals surface area (Å²) < 4.78 is 0. The van der Waals surface area contributed by atoms with Crippen molar-refractivity contribution < 1.29 is 39.3 Å². The maximum Gasteiger partial charge on any atom is 0.239 e. The van der Waals surface area contributed by atoms with Gasteiger partial charge in [0.15, 0.2) is 34.7 Å². The second-order valence-electron chi connectivity index (χ2n) is 11.4. The molecule has 1 aromatic carbocycles. The molecule has 0 spiro atoms. The molecule has 7 atom stereocenters. The highest BCUT2D eigenvalue weighted by Crippen LogP contribution is 2.55. The fraction of sp³-hybridized carbons (Fsp3) is 0.593. The summed E-state index contributed by atoms with van der Waals surface area (Å²) in [6.45, 7) is 3.06. The Balaban J connectivity index is 1.57. The Hall–Kier alpha value is -2.99. The van der Waals surface area contributed by atoms with Gasteiger partial charge in [0.1, 0.15) is 5.75 Å². The number of carbonyl (C=O) groups is 5. The molecule has 0 radical (unpaired) electrons. The van der Waals surface area contributed by atoms with E-state index in [1.54, 1.807) is 14.1 Å². The van der Waals surface area contributed by atoms with Gasteiger partial charge in [-0.15, -0.1) is 0 Å². The normalized spacial score (nSPS) is 37.2. The molecule has 1 saturated heterocycles. The minimum absolute atomic E-state index is 0.125. The van der Waals surface area contributed by atoms with Crippen LogP contribution >= 0.6 is 0 Å². The third-order valence-corrected chi connectivity index (χ3v) is 9.03. The Morgan fingerprint density at radius 3 is 2.37 bits per heavy atom. The molecule has 1 aromatic rings. The summed E-state index contributed by atoms with van der Waals surface area (Å²) in [5.74, 6) is -11.2. The molecule has 11 heteroatoms. The van der Waals surface area contributed by atoms with Crippen LogP contribution in [0.4, 0.5) is 0 Å². The average Bonchev–Trinajstić information content (AvgIpc) is 3.37. The summed E-state index contributed by atoms with van der Waals surface area (Å²) in [6, 6.07) is 3.02. The van der Waals surface area contributed by atoms with Crippen LogP contribution in [-0.2, 0) is 24.8 Å². The van der Waals surface area contributed by atoms with Gasteiger partial charge in [-0.3, -0.25) is 33.8 Å². The van der Waals surface area contributed by atoms with E-state index in [1.165, 1.54) is 30.0 Å². The second-order valence-corrected chi connectivity index (χ2v) is 11.4. The molecule has 4 N–H and O–H groups in total. The van der Waals surface area contributed by atoms with E-state index in [2.05, 4.69) is 5.32 Å². The fourth-order valence-corrected chi connectivity index (χ4v) is 7.09. The number of nitrogens with zero attached hydrogens (tertiary/aromatic N) is 2. The zero-order chi connectivity index (χ0) is 27.7. The molecular weight excluding hydrogens is 494 g/mol. The monoisotopic (exact) mass is 527 g/mol. The minimum Gasteiger partial charge on any atom is -0.507 e. The number of Topliss-reactive ketones (excluding diaryl/α,β-unsaturated/α-hetero) is 4. The zero-order valence-corrected chi connectivity index (χ0v) is 21.6. The van der Waals surface area contributed by atoms with Crippen molar-refractivity contribution in [3.8, 4) is 5.75 Å². The second kappa shape index (κ2) is 9.04. The molecular formula is C27H33N3O8. The lowest BCUT2D eigenvalue weighted by Gasteiger charge is -2.55. The van der Waals surface area contributed by atoms with Crippen molar-refractivity contribution >= 4 is 29.0 Å². The molecule has 0 bridgehead atoms. The van der Waals surface area contributed by atoms with Crippen molar-refractivity contribution in [1.29, 1.82) is 0 Å². The Kier molecular flexibility index (Phi) is 6.33. The lowest BCUT2D eigenvalue weighted by molar-refractivity contribution is -0.188. The van der Waals surface area contributed by atoms with Gasteiger partial charge in [-0.1, -0.05) is 12.1 Å². The van der Waals surface area contributed by atoms with Crippen molar-refractivity contribution in [2.24, 2.45) is 23.7 Å². The van der Waals surface area contributed by atoms with E-state index >= 15 is 0 Å². The SMILES string of the molecule is CN(C)[C@H]1C(=O)C(C(=O)NCN2CCCC2)C(=O)[C@]2(O)C(=O)C3C(=O)c4c(O)cccc4[C@](C)(O)[C@H]3C[C@H]12. The Morgan fingerprint density at radius 1 is 1.08 bits per heavy atom. The number of aromatic hydroxyl groups is 1. The number of fused-ring (bicyclic) bond motifs is 3. The molecule has 1 heterocycles. The maximum absolute atomic E-state index is 14.0. The van der Waals surface area contributed by atoms with E-state index in [9.17, 15) is 39.3 Å². The van der Waals surface area contributed by atoms with Gasteiger partial charge in [-0.2, -0.15) is 0 Å². The van der Waals surface area contributed by atoms with Crippen molar-refractivity contribution in [2.45, 2.75) is 43.4 Å². The van der Waals surface area contributed by atoms with Gasteiger partial charge < -0.3 is 20.6 Å². The molecule has 1 amide bonds. The molecule has 38 heavy (non-hydrogen) atoms. The first kappa shape index (κ1) is 26.6. The summed E-state index contributed by atoms with van der Waals surface area (Å²) in [6.07, 6.45) is 1.73. The number of rotatable bonds is 4. The predicted molar refractivity (Wildman–Crippen MR) is 132 cm³/mol. The minimum atomic E-state index is -2.80. The van der Waals surface area contributed by atoms with Gasteiger partial charge in [-0.05, 0) is 65.0 Å². The standard InChI is InChI=1S/C27H33N3O8/c1-26(37)13-7-6-8-16(31)17(13)21(32)18-14(26)11-15-20(29(2)3)22(33)19(24(35)27(15,38)23(18)34)25(36)28-12-30-9-4-5-10-30/h6-8,14-15,18-20,31,37-38H,4-5,9-12H2,1-3H3,(H,28,36)/t14-,15+,18?,19?,20+,26-,27+/m0/s1. The number of carbonyl (C=O) groups excluding carboxylic acids is 5. The van der Waals surface area contributed by atoms with Gasteiger partial charge in [0, 0.05) is 11.8 Å². The highest BCUT2D eigenvalue weighted by molar-refractivity contribution is 6.32. The maximum atomic E-state index is 14.0. The molecule has 0 aromatic heterocycles. The van der Waals surface area contributed by atoms with Crippen molar-refractivity contribution in [2.75, 3.05) is 33.9 Å². The van der Waals surface area contributed by atoms with E-state index in [0.29, 0.717) is 0 Å². The first-order valence-electron chi connectivity index (χ1n) is 12.9. The predicted octanol–water partition coefficient (Wildman–Crippen LogP) is -0.784. The number of aliphatic hydroxyl groups is 2. The van der Waals surface area contributed by atoms with E-state index in [-0.39, 0.29) is 24.2 Å². The Bertz CT molecular complexity index is 1240. The number of ketones is 4. The van der Waals surface area contributed by atoms with Crippen LogP contribution in [0.15, 0.2) is 18.2 Å². The van der Waals surface area contributed by atoms with Crippen LogP contribution in [0.3, 0.4) is 0 Å². The highest BCUT2D eigenvalue weighted by Gasteiger charge is 2.71. The number of phenols is 1. The van der Waals surface area contributed by atoms with Crippen molar-refractivity contribution in [1.82, 2.24) is 15.1 Å². The van der Waals surface area contributed by atoms with Crippen LogP contribution in [0.5, 0.6) is 5.75 Å². The van der Waals surface area contributed by atoms with Gasteiger partial charge in [0.2, 0.25) is 5.91 Å². The largest absolute Gasteiger partial charge is 0.507 e. The van der Waals surface area contributed by atoms with E-state index < -0.39 is 75.7 Å². The van der Waals surface area contributed by atoms with E-state index in [0.717, 1.165) is 25.9 Å². The molecule has 5 rings (SSSR count). The molecule has 1 aliphatic heterocycles. The average molecular weight is 528 g/mol. The third-order valence-electron chi connectivity index (χ3n) is 9.03. The van der Waals surface area contributed by atoms with Gasteiger partial charge in [-0.25, -0.2) is 0 Å². The molecule has 2 saturated carbocycles. The smallest absolute Gasteiger partial charge is 0.239 e. The van der Waals surface area contributed by atoms with Gasteiger partial charge >= 0.3 is 0 Å². The topological polar surface area (TPSA) is 165 Å². The van der Waals surface area contributed by atoms with Gasteiger partial charge in [0.05, 0.1) is 29.8 Å². The van der Waals surface area contributed by atoms with E-state index in [1.807, 2.05) is 4.90 Å². The zero-order valence-electron chi connectivity index (χ0n) is 21.6. The Morgan fingerprint density at radius 2 is 1.74 bits per heavy atom. The van der Waals surface area contributed by atoms with Gasteiger partial charge in [0.25, 0.3) is 0 Å². The van der Waals surface area contributed by atoms with Crippen LogP contribution in [-0.4, -0.2) is 99.7 Å². The first-order chi connectivity index (χ1) is 17.8. The summed E-state index contributed by atoms with van der Waals surface area (Å²) in [4.78, 5) is 71.5. The molecule has 4 aliphatic rings. The Labute approximate surface area is 219 Å². The van der Waals surface area contributed by atoms with Crippen LogP contribution < -0.4 is 5.32 Å². The highest BCUT2D eigenvalue weighted by atomic mass is 16.3. The van der Waals surface area contributed by atoms with Crippen molar-refractivity contribution in [3.05, 3.63) is 29.3 Å². The summed E-state index contributed by atoms with van der Waals surface area (Å²) in [7, 11) is 3.10. The lowest BCUT2D eigenvalue weighted by Crippen LogP contribution is -2.75. The van der Waals surface area contributed by atoms with E-state index in [4.69, 9.17) is 0 Å². The number of phenolic OH excluding ortho intramolecular Hbond substituents is 1. The summed E-state index contributed by atoms with van der Waals surface area (Å²) in [5, 5.41) is 36.4. The number of likely N-dealkylation sites (N-methyl/N-ethyl adjacent to an activating group) is 1. The quantitative estimate of drug-likeness (QED) is 0.365. The number of amides is 1. The molecule has 204 valence electrons. The molecule has 3 fully saturated rings. The summed E-state index contributed by atoms with van der Waals surface area (Å²) in [5.41, 5.74) is -4.68. The number of benzene rings is 1. The lowest BCUT2D eigenvalue weighted by atomic mass is 9.49. The van der Waals surface area contributed by atoms with Crippen molar-refractivity contribution in [3.63, 3.8) is 0 Å². The molecule has 11 nitrogen and oxygen atoms in total. The van der Waals surface area contributed by atoms with Crippen LogP contribution in [0, 0.1) is 23.7 Å². The fourth-order valence-electron chi connectivity index (χ4n) is 7.09. The number of hydrogen-bond acceptors (Lipinski definition) is 10. The third kappa shape index (κ3) is 3.59.